The van der Waals surface area contributed by atoms with Crippen molar-refractivity contribution < 1.29 is 27.7 Å². The molecule has 0 aliphatic heterocycles. The highest BCUT2D eigenvalue weighted by atomic mass is 31.2. The molecule has 19 heavy (non-hydrogen) atoms. The van der Waals surface area contributed by atoms with Crippen molar-refractivity contribution in [1.29, 1.82) is 0 Å². The molecule has 0 aliphatic rings. The standard InChI is InChI=1S/C12H19O6P/c1-7-12(4,8-2)17-11(13)9-10(3)18-19(14,15-5)16-6/h1,9H,8H2,2-6H3. The minimum atomic E-state index is -3.67. The van der Waals surface area contributed by atoms with E-state index in [1.54, 1.807) is 13.8 Å². The third-order valence-corrected chi connectivity index (χ3v) is 3.74. The van der Waals surface area contributed by atoms with E-state index >= 15 is 0 Å². The average molecular weight is 290 g/mol. The number of carbonyl (C=O) groups excluding carboxylic acids is 1. The summed E-state index contributed by atoms with van der Waals surface area (Å²) >= 11 is 0. The molecule has 108 valence electrons. The number of phosphoric ester groups is 1. The molecule has 1 atom stereocenters. The molecule has 0 bridgehead atoms. The number of hydrogen-bond donors (Lipinski definition) is 0. The van der Waals surface area contributed by atoms with Crippen LogP contribution in [0.2, 0.25) is 0 Å². The zero-order valence-electron chi connectivity index (χ0n) is 11.8. The first-order valence-corrected chi connectivity index (χ1v) is 7.00. The van der Waals surface area contributed by atoms with E-state index in [1.807, 2.05) is 0 Å². The molecule has 0 saturated heterocycles. The molecule has 6 nitrogen and oxygen atoms in total. The topological polar surface area (TPSA) is 71.1 Å². The fraction of sp³-hybridized carbons (Fsp3) is 0.583. The number of carbonyl (C=O) groups is 1. The number of ether oxygens (including phenoxy) is 1. The second kappa shape index (κ2) is 7.34. The fourth-order valence-electron chi connectivity index (χ4n) is 0.973. The van der Waals surface area contributed by atoms with Crippen LogP contribution in [0.5, 0.6) is 0 Å². The zero-order chi connectivity index (χ0) is 15.1. The van der Waals surface area contributed by atoms with Gasteiger partial charge in [0.1, 0.15) is 5.76 Å². The van der Waals surface area contributed by atoms with E-state index in [4.69, 9.17) is 15.7 Å². The molecule has 0 aliphatic carbocycles. The van der Waals surface area contributed by atoms with E-state index < -0.39 is 19.4 Å². The van der Waals surface area contributed by atoms with Crippen LogP contribution in [-0.4, -0.2) is 25.8 Å². The SMILES string of the molecule is C#CC(C)(CC)OC(=O)C=C(C)OP(=O)(OC)OC. The highest BCUT2D eigenvalue weighted by Gasteiger charge is 2.26. The van der Waals surface area contributed by atoms with Crippen LogP contribution in [0.15, 0.2) is 11.8 Å². The van der Waals surface area contributed by atoms with Gasteiger partial charge in [0.2, 0.25) is 0 Å². The summed E-state index contributed by atoms with van der Waals surface area (Å²) in [6, 6.07) is 0. The van der Waals surface area contributed by atoms with E-state index in [1.165, 1.54) is 21.1 Å². The maximum absolute atomic E-state index is 11.6. The molecule has 7 heteroatoms. The van der Waals surface area contributed by atoms with Crippen molar-refractivity contribution in [2.75, 3.05) is 14.2 Å². The van der Waals surface area contributed by atoms with Gasteiger partial charge < -0.3 is 9.26 Å². The van der Waals surface area contributed by atoms with Crippen LogP contribution in [0, 0.1) is 12.3 Å². The maximum atomic E-state index is 11.6. The Morgan fingerprint density at radius 3 is 2.32 bits per heavy atom. The molecule has 0 rings (SSSR count). The van der Waals surface area contributed by atoms with Crippen molar-refractivity contribution in [3.8, 4) is 12.3 Å². The number of rotatable bonds is 7. The first kappa shape index (κ1) is 17.7. The lowest BCUT2D eigenvalue weighted by atomic mass is 10.1. The molecule has 0 aromatic rings. The minimum Gasteiger partial charge on any atom is -0.443 e. The first-order valence-electron chi connectivity index (χ1n) is 5.54. The minimum absolute atomic E-state index is 0.0347. The van der Waals surface area contributed by atoms with Gasteiger partial charge in [-0.3, -0.25) is 9.05 Å². The summed E-state index contributed by atoms with van der Waals surface area (Å²) in [5.74, 6) is 1.72. The van der Waals surface area contributed by atoms with Crippen molar-refractivity contribution in [3.05, 3.63) is 11.8 Å². The second-order valence-corrected chi connectivity index (χ2v) is 5.62. The van der Waals surface area contributed by atoms with E-state index in [0.717, 1.165) is 6.08 Å². The summed E-state index contributed by atoms with van der Waals surface area (Å²) in [5.41, 5.74) is -0.986. The largest absolute Gasteiger partial charge is 0.529 e. The molecule has 0 spiro atoms. The zero-order valence-corrected chi connectivity index (χ0v) is 12.7. The van der Waals surface area contributed by atoms with Crippen LogP contribution in [0.25, 0.3) is 0 Å². The Bertz CT molecular complexity index is 428. The third-order valence-electron chi connectivity index (χ3n) is 2.33. The molecular formula is C12H19O6P. The van der Waals surface area contributed by atoms with Crippen LogP contribution in [0.1, 0.15) is 27.2 Å². The van der Waals surface area contributed by atoms with Crippen LogP contribution < -0.4 is 0 Å². The number of terminal acetylenes is 1. The molecular weight excluding hydrogens is 271 g/mol. The number of allylic oxidation sites excluding steroid dienone is 1. The summed E-state index contributed by atoms with van der Waals surface area (Å²) in [5, 5.41) is 0. The van der Waals surface area contributed by atoms with Crippen molar-refractivity contribution in [3.63, 3.8) is 0 Å². The molecule has 0 saturated carbocycles. The van der Waals surface area contributed by atoms with E-state index in [2.05, 4.69) is 15.0 Å². The van der Waals surface area contributed by atoms with Gasteiger partial charge in [-0.15, -0.1) is 6.42 Å². The Morgan fingerprint density at radius 2 is 1.95 bits per heavy atom. The summed E-state index contributed by atoms with van der Waals surface area (Å²) in [4.78, 5) is 11.6. The van der Waals surface area contributed by atoms with Gasteiger partial charge >= 0.3 is 13.8 Å². The summed E-state index contributed by atoms with van der Waals surface area (Å²) in [6.45, 7) is 4.83. The Morgan fingerprint density at radius 1 is 1.42 bits per heavy atom. The lowest BCUT2D eigenvalue weighted by Gasteiger charge is -2.21. The quantitative estimate of drug-likeness (QED) is 0.236. The Labute approximate surface area is 113 Å². The average Bonchev–Trinajstić information content (AvgIpc) is 2.37. The lowest BCUT2D eigenvalue weighted by molar-refractivity contribution is -0.147. The highest BCUT2D eigenvalue weighted by molar-refractivity contribution is 7.48. The van der Waals surface area contributed by atoms with Crippen molar-refractivity contribution >= 4 is 13.8 Å². The monoisotopic (exact) mass is 290 g/mol. The fourth-order valence-corrected chi connectivity index (χ4v) is 1.68. The van der Waals surface area contributed by atoms with Gasteiger partial charge in [0.05, 0.1) is 6.08 Å². The second-order valence-electron chi connectivity index (χ2n) is 3.81. The first-order chi connectivity index (χ1) is 8.74. The third kappa shape index (κ3) is 5.93. The van der Waals surface area contributed by atoms with E-state index in [0.29, 0.717) is 6.42 Å². The Hall–Kier alpha value is -1.28. The molecule has 0 heterocycles. The van der Waals surface area contributed by atoms with Gasteiger partial charge in [-0.25, -0.2) is 9.36 Å². The van der Waals surface area contributed by atoms with E-state index in [9.17, 15) is 9.36 Å². The molecule has 0 aromatic carbocycles. The van der Waals surface area contributed by atoms with Crippen LogP contribution in [0.4, 0.5) is 0 Å². The number of esters is 1. The van der Waals surface area contributed by atoms with Gasteiger partial charge in [0.25, 0.3) is 0 Å². The van der Waals surface area contributed by atoms with Gasteiger partial charge in [-0.05, 0) is 20.3 Å². The number of phosphoric acid groups is 1. The summed E-state index contributed by atoms with van der Waals surface area (Å²) in [7, 11) is -1.34. The van der Waals surface area contributed by atoms with Crippen molar-refractivity contribution in [1.82, 2.24) is 0 Å². The van der Waals surface area contributed by atoms with Gasteiger partial charge in [0.15, 0.2) is 5.60 Å². The Kier molecular flexibility index (Phi) is 6.85. The molecule has 1 unspecified atom stereocenters. The summed E-state index contributed by atoms with van der Waals surface area (Å²) < 4.78 is 30.8. The molecule has 0 N–H and O–H groups in total. The summed E-state index contributed by atoms with van der Waals surface area (Å²) in [6.07, 6.45) is 6.77. The molecule has 0 radical (unpaired) electrons. The van der Waals surface area contributed by atoms with Crippen LogP contribution >= 0.6 is 7.82 Å². The normalized spacial score (nSPS) is 15.3. The van der Waals surface area contributed by atoms with Gasteiger partial charge in [-0.2, -0.15) is 0 Å². The van der Waals surface area contributed by atoms with Crippen LogP contribution in [0.3, 0.4) is 0 Å². The lowest BCUT2D eigenvalue weighted by Crippen LogP contribution is -2.28. The molecule has 0 aromatic heterocycles. The van der Waals surface area contributed by atoms with Crippen molar-refractivity contribution in [2.24, 2.45) is 0 Å². The van der Waals surface area contributed by atoms with Crippen LogP contribution in [-0.2, 0) is 27.7 Å². The van der Waals surface area contributed by atoms with E-state index in [-0.39, 0.29) is 5.76 Å². The molecule has 0 fully saturated rings. The van der Waals surface area contributed by atoms with Gasteiger partial charge in [0, 0.05) is 14.2 Å². The predicted molar refractivity (Wildman–Crippen MR) is 70.1 cm³/mol. The smallest absolute Gasteiger partial charge is 0.443 e. The molecule has 0 amide bonds. The predicted octanol–water partition coefficient (Wildman–Crippen LogP) is 2.65. The van der Waals surface area contributed by atoms with Crippen molar-refractivity contribution in [2.45, 2.75) is 32.8 Å². The Balaban J connectivity index is 4.75. The highest BCUT2D eigenvalue weighted by Crippen LogP contribution is 2.49. The maximum Gasteiger partial charge on any atom is 0.529 e. The number of hydrogen-bond acceptors (Lipinski definition) is 6. The van der Waals surface area contributed by atoms with Gasteiger partial charge in [-0.1, -0.05) is 12.8 Å².